The highest BCUT2D eigenvalue weighted by atomic mass is 32.2. The molecule has 3 atom stereocenters. The predicted molar refractivity (Wildman–Crippen MR) is 119 cm³/mol. The van der Waals surface area contributed by atoms with Crippen molar-refractivity contribution in [1.82, 2.24) is 9.62 Å². The van der Waals surface area contributed by atoms with Crippen molar-refractivity contribution in [1.29, 1.82) is 0 Å². The van der Waals surface area contributed by atoms with Crippen LogP contribution in [0.25, 0.3) is 0 Å². The van der Waals surface area contributed by atoms with Gasteiger partial charge in [-0.2, -0.15) is 4.31 Å². The lowest BCUT2D eigenvalue weighted by Crippen LogP contribution is -2.47. The summed E-state index contributed by atoms with van der Waals surface area (Å²) < 4.78 is 27.3. The monoisotopic (exact) mass is 446 g/mol. The standard InChI is InChI=1S/C24H34N2O4S/c1-17(27)18-7-10-23(11-8-18)31(29,30)26-14-12-20(13-15-26)24(28)25-22-9-6-19-4-2-3-5-21(19)16-22/h7-8,10-11,19-22H,2-6,9,12-16H2,1H3,(H,25,28)/t19-,21-,22-/m1/s1. The van der Waals surface area contributed by atoms with Crippen LogP contribution in [0.2, 0.25) is 0 Å². The minimum Gasteiger partial charge on any atom is -0.353 e. The number of rotatable bonds is 5. The Morgan fingerprint density at radius 1 is 0.903 bits per heavy atom. The second-order valence-electron chi connectivity index (χ2n) is 9.58. The van der Waals surface area contributed by atoms with E-state index < -0.39 is 10.0 Å². The predicted octanol–water partition coefficient (Wildman–Crippen LogP) is 3.77. The van der Waals surface area contributed by atoms with Crippen molar-refractivity contribution >= 4 is 21.7 Å². The molecule has 3 fully saturated rings. The first-order chi connectivity index (χ1) is 14.8. The maximum atomic E-state index is 12.9. The highest BCUT2D eigenvalue weighted by molar-refractivity contribution is 7.89. The van der Waals surface area contributed by atoms with Gasteiger partial charge in [0.15, 0.2) is 5.78 Å². The second-order valence-corrected chi connectivity index (χ2v) is 11.5. The number of Topliss-reactive ketones (excluding diaryl/α,β-unsaturated/α-hetero) is 1. The van der Waals surface area contributed by atoms with Gasteiger partial charge in [-0.25, -0.2) is 8.42 Å². The normalized spacial score (nSPS) is 28.0. The van der Waals surface area contributed by atoms with Crippen LogP contribution in [0.4, 0.5) is 0 Å². The molecule has 2 saturated carbocycles. The number of sulfonamides is 1. The van der Waals surface area contributed by atoms with E-state index in [-0.39, 0.29) is 28.5 Å². The number of carbonyl (C=O) groups excluding carboxylic acids is 2. The summed E-state index contributed by atoms with van der Waals surface area (Å²) in [6.07, 6.45) is 9.87. The maximum Gasteiger partial charge on any atom is 0.243 e. The van der Waals surface area contributed by atoms with Gasteiger partial charge in [0.25, 0.3) is 0 Å². The molecule has 0 aromatic heterocycles. The number of amides is 1. The molecule has 0 bridgehead atoms. The van der Waals surface area contributed by atoms with Gasteiger partial charge in [0, 0.05) is 30.6 Å². The summed E-state index contributed by atoms with van der Waals surface area (Å²) in [4.78, 5) is 24.5. The van der Waals surface area contributed by atoms with Crippen LogP contribution in [0.1, 0.15) is 75.1 Å². The Labute approximate surface area is 185 Å². The van der Waals surface area contributed by atoms with Gasteiger partial charge in [-0.1, -0.05) is 37.8 Å². The van der Waals surface area contributed by atoms with E-state index in [1.54, 1.807) is 12.1 Å². The van der Waals surface area contributed by atoms with E-state index in [0.29, 0.717) is 31.5 Å². The molecule has 170 valence electrons. The lowest BCUT2D eigenvalue weighted by molar-refractivity contribution is -0.127. The largest absolute Gasteiger partial charge is 0.353 e. The highest BCUT2D eigenvalue weighted by Crippen LogP contribution is 2.40. The molecule has 2 aliphatic carbocycles. The number of carbonyl (C=O) groups is 2. The topological polar surface area (TPSA) is 83.6 Å². The molecule has 6 nitrogen and oxygen atoms in total. The number of hydrogen-bond acceptors (Lipinski definition) is 4. The fraction of sp³-hybridized carbons (Fsp3) is 0.667. The summed E-state index contributed by atoms with van der Waals surface area (Å²) >= 11 is 0. The summed E-state index contributed by atoms with van der Waals surface area (Å²) in [6.45, 7) is 2.16. The first kappa shape index (κ1) is 22.5. The van der Waals surface area contributed by atoms with Gasteiger partial charge in [-0.15, -0.1) is 0 Å². The molecule has 1 aromatic carbocycles. The van der Waals surface area contributed by atoms with Crippen LogP contribution in [0.15, 0.2) is 29.2 Å². The lowest BCUT2D eigenvalue weighted by atomic mass is 9.69. The number of ketones is 1. The zero-order valence-electron chi connectivity index (χ0n) is 18.4. The smallest absolute Gasteiger partial charge is 0.243 e. The van der Waals surface area contributed by atoms with E-state index in [1.165, 1.54) is 55.5 Å². The molecule has 1 aromatic rings. The zero-order chi connectivity index (χ0) is 22.0. The van der Waals surface area contributed by atoms with E-state index in [1.807, 2.05) is 0 Å². The number of hydrogen-bond donors (Lipinski definition) is 1. The minimum absolute atomic E-state index is 0.0900. The first-order valence-electron chi connectivity index (χ1n) is 11.8. The quantitative estimate of drug-likeness (QED) is 0.698. The average Bonchev–Trinajstić information content (AvgIpc) is 2.79. The molecule has 0 spiro atoms. The van der Waals surface area contributed by atoms with Gasteiger partial charge >= 0.3 is 0 Å². The Bertz CT molecular complexity index is 904. The van der Waals surface area contributed by atoms with E-state index in [9.17, 15) is 18.0 Å². The third kappa shape index (κ3) is 5.03. The fourth-order valence-corrected chi connectivity index (χ4v) is 7.16. The Kier molecular flexibility index (Phi) is 6.82. The lowest BCUT2D eigenvalue weighted by Gasteiger charge is -2.40. The fourth-order valence-electron chi connectivity index (χ4n) is 5.69. The molecule has 1 amide bonds. The van der Waals surface area contributed by atoms with Crippen LogP contribution in [-0.2, 0) is 14.8 Å². The molecule has 4 rings (SSSR count). The molecule has 1 N–H and O–H groups in total. The second kappa shape index (κ2) is 9.41. The van der Waals surface area contributed by atoms with Gasteiger partial charge in [-0.3, -0.25) is 9.59 Å². The van der Waals surface area contributed by atoms with Crippen LogP contribution in [0, 0.1) is 17.8 Å². The summed E-state index contributed by atoms with van der Waals surface area (Å²) in [7, 11) is -3.60. The van der Waals surface area contributed by atoms with Crippen LogP contribution in [-0.4, -0.2) is 43.5 Å². The molecule has 0 unspecified atom stereocenters. The van der Waals surface area contributed by atoms with Crippen molar-refractivity contribution in [3.05, 3.63) is 29.8 Å². The number of fused-ring (bicyclic) bond motifs is 1. The molecule has 31 heavy (non-hydrogen) atoms. The van der Waals surface area contributed by atoms with Crippen molar-refractivity contribution in [3.8, 4) is 0 Å². The number of nitrogens with one attached hydrogen (secondary N) is 1. The summed E-state index contributed by atoms with van der Waals surface area (Å²) in [5.41, 5.74) is 0.497. The van der Waals surface area contributed by atoms with Gasteiger partial charge < -0.3 is 5.32 Å². The Morgan fingerprint density at radius 2 is 1.55 bits per heavy atom. The van der Waals surface area contributed by atoms with Crippen LogP contribution < -0.4 is 5.32 Å². The van der Waals surface area contributed by atoms with Gasteiger partial charge in [-0.05, 0) is 63.0 Å². The number of benzene rings is 1. The van der Waals surface area contributed by atoms with Gasteiger partial charge in [0.2, 0.25) is 15.9 Å². The van der Waals surface area contributed by atoms with E-state index in [4.69, 9.17) is 0 Å². The zero-order valence-corrected chi connectivity index (χ0v) is 19.2. The minimum atomic E-state index is -3.60. The molecule has 7 heteroatoms. The van der Waals surface area contributed by atoms with Crippen molar-refractivity contribution in [3.63, 3.8) is 0 Å². The van der Waals surface area contributed by atoms with E-state index >= 15 is 0 Å². The van der Waals surface area contributed by atoms with Crippen molar-refractivity contribution in [2.75, 3.05) is 13.1 Å². The van der Waals surface area contributed by atoms with Crippen LogP contribution >= 0.6 is 0 Å². The van der Waals surface area contributed by atoms with E-state index in [0.717, 1.165) is 24.7 Å². The van der Waals surface area contributed by atoms with Crippen LogP contribution in [0.3, 0.4) is 0 Å². The molecule has 3 aliphatic rings. The van der Waals surface area contributed by atoms with Crippen LogP contribution in [0.5, 0.6) is 0 Å². The SMILES string of the molecule is CC(=O)c1ccc(S(=O)(=O)N2CCC(C(=O)N[C@@H]3CC[C@H]4CCCC[C@@H]4C3)CC2)cc1. The molecule has 1 heterocycles. The van der Waals surface area contributed by atoms with Crippen molar-refractivity contribution in [2.24, 2.45) is 17.8 Å². The molecule has 1 aliphatic heterocycles. The Balaban J connectivity index is 1.29. The van der Waals surface area contributed by atoms with Gasteiger partial charge in [0.1, 0.15) is 0 Å². The summed E-state index contributed by atoms with van der Waals surface area (Å²) in [6, 6.07) is 6.37. The molecule has 1 saturated heterocycles. The van der Waals surface area contributed by atoms with Gasteiger partial charge in [0.05, 0.1) is 4.90 Å². The highest BCUT2D eigenvalue weighted by Gasteiger charge is 2.35. The average molecular weight is 447 g/mol. The summed E-state index contributed by atoms with van der Waals surface area (Å²) in [5.74, 6) is 1.53. The summed E-state index contributed by atoms with van der Waals surface area (Å²) in [5, 5.41) is 3.28. The molecule has 0 radical (unpaired) electrons. The van der Waals surface area contributed by atoms with E-state index in [2.05, 4.69) is 5.32 Å². The Hall–Kier alpha value is -1.73. The molecular weight excluding hydrogens is 412 g/mol. The first-order valence-corrected chi connectivity index (χ1v) is 13.2. The van der Waals surface area contributed by atoms with Crippen molar-refractivity contribution in [2.45, 2.75) is 75.6 Å². The van der Waals surface area contributed by atoms with Crippen molar-refractivity contribution < 1.29 is 18.0 Å². The third-order valence-electron chi connectivity index (χ3n) is 7.61. The Morgan fingerprint density at radius 3 is 2.19 bits per heavy atom. The maximum absolute atomic E-state index is 12.9. The number of nitrogens with zero attached hydrogens (tertiary/aromatic N) is 1. The molecular formula is C24H34N2O4S. The number of piperidine rings is 1. The third-order valence-corrected chi connectivity index (χ3v) is 9.52.